The van der Waals surface area contributed by atoms with Crippen molar-refractivity contribution >= 4 is 34.1 Å². The van der Waals surface area contributed by atoms with E-state index in [9.17, 15) is 9.59 Å². The van der Waals surface area contributed by atoms with Gasteiger partial charge in [-0.3, -0.25) is 14.6 Å². The molecule has 1 aliphatic rings. The Morgan fingerprint density at radius 2 is 1.66 bits per heavy atom. The van der Waals surface area contributed by atoms with Crippen LogP contribution in [0.5, 0.6) is 0 Å². The highest BCUT2D eigenvalue weighted by atomic mass is 16.2. The maximum absolute atomic E-state index is 12.4. The van der Waals surface area contributed by atoms with E-state index in [-0.39, 0.29) is 0 Å². The molecule has 4 rings (SSSR count). The minimum atomic E-state index is -0.669. The van der Waals surface area contributed by atoms with E-state index in [1.165, 1.54) is 31.4 Å². The maximum Gasteiger partial charge on any atom is 0.313 e. The van der Waals surface area contributed by atoms with Crippen molar-refractivity contribution in [3.63, 3.8) is 0 Å². The lowest BCUT2D eigenvalue weighted by Crippen LogP contribution is -2.36. The van der Waals surface area contributed by atoms with Gasteiger partial charge in [-0.15, -0.1) is 0 Å². The van der Waals surface area contributed by atoms with Gasteiger partial charge in [-0.25, -0.2) is 0 Å². The van der Waals surface area contributed by atoms with Gasteiger partial charge in [0, 0.05) is 36.4 Å². The van der Waals surface area contributed by atoms with E-state index in [0.29, 0.717) is 18.7 Å². The van der Waals surface area contributed by atoms with Gasteiger partial charge >= 0.3 is 11.8 Å². The van der Waals surface area contributed by atoms with Crippen molar-refractivity contribution in [2.75, 3.05) is 29.9 Å². The monoisotopic (exact) mass is 430 g/mol. The summed E-state index contributed by atoms with van der Waals surface area (Å²) in [7, 11) is 0. The second-order valence-corrected chi connectivity index (χ2v) is 8.36. The first-order chi connectivity index (χ1) is 15.6. The summed E-state index contributed by atoms with van der Waals surface area (Å²) in [5.74, 6) is -1.30. The number of para-hydroxylation sites is 1. The third kappa shape index (κ3) is 5.44. The van der Waals surface area contributed by atoms with Crippen LogP contribution in [-0.4, -0.2) is 36.4 Å². The van der Waals surface area contributed by atoms with Gasteiger partial charge in [0.05, 0.1) is 11.2 Å². The normalized spacial score (nSPS) is 14.1. The van der Waals surface area contributed by atoms with Crippen LogP contribution in [0.25, 0.3) is 10.9 Å². The fraction of sp³-hybridized carbons (Fsp3) is 0.346. The Morgan fingerprint density at radius 3 is 2.41 bits per heavy atom. The third-order valence-corrected chi connectivity index (χ3v) is 5.91. The highest BCUT2D eigenvalue weighted by molar-refractivity contribution is 6.40. The maximum atomic E-state index is 12.4. The molecule has 0 unspecified atom stereocenters. The number of carbonyl (C=O) groups is 2. The van der Waals surface area contributed by atoms with Crippen molar-refractivity contribution in [2.45, 2.75) is 39.0 Å². The summed E-state index contributed by atoms with van der Waals surface area (Å²) in [5.41, 5.74) is 4.56. The van der Waals surface area contributed by atoms with Crippen LogP contribution < -0.4 is 15.5 Å². The zero-order valence-electron chi connectivity index (χ0n) is 18.6. The summed E-state index contributed by atoms with van der Waals surface area (Å²) in [4.78, 5) is 31.6. The number of hydrogen-bond donors (Lipinski definition) is 2. The molecule has 32 heavy (non-hydrogen) atoms. The molecular formula is C26H30N4O2. The van der Waals surface area contributed by atoms with E-state index < -0.39 is 11.8 Å². The number of rotatable bonds is 5. The fourth-order valence-electron chi connectivity index (χ4n) is 4.19. The molecule has 0 radical (unpaired) electrons. The van der Waals surface area contributed by atoms with E-state index in [0.717, 1.165) is 35.2 Å². The number of nitrogens with one attached hydrogen (secondary N) is 2. The molecule has 1 aromatic heterocycles. The molecule has 2 heterocycles. The topological polar surface area (TPSA) is 74.3 Å². The highest BCUT2D eigenvalue weighted by Crippen LogP contribution is 2.23. The smallest absolute Gasteiger partial charge is 0.313 e. The Bertz CT molecular complexity index is 1090. The van der Waals surface area contributed by atoms with Crippen LogP contribution in [0.1, 0.15) is 36.9 Å². The number of aryl methyl sites for hydroxylation is 1. The SMILES string of the molecule is Cc1cc(NC(=O)C(=O)NCCc2ccc(N3CCCCCC3)cc2)c2ccccc2n1. The summed E-state index contributed by atoms with van der Waals surface area (Å²) in [5, 5.41) is 6.26. The first-order valence-electron chi connectivity index (χ1n) is 11.4. The van der Waals surface area contributed by atoms with Gasteiger partial charge in [0.15, 0.2) is 0 Å². The summed E-state index contributed by atoms with van der Waals surface area (Å²) in [6.45, 7) is 4.51. The van der Waals surface area contributed by atoms with Crippen molar-refractivity contribution in [1.29, 1.82) is 0 Å². The van der Waals surface area contributed by atoms with Crippen LogP contribution >= 0.6 is 0 Å². The number of hydrogen-bond acceptors (Lipinski definition) is 4. The quantitative estimate of drug-likeness (QED) is 0.595. The molecule has 0 aliphatic carbocycles. The van der Waals surface area contributed by atoms with Crippen LogP contribution in [0.15, 0.2) is 54.6 Å². The lowest BCUT2D eigenvalue weighted by atomic mass is 10.1. The lowest BCUT2D eigenvalue weighted by molar-refractivity contribution is -0.136. The van der Waals surface area contributed by atoms with Gasteiger partial charge in [-0.2, -0.15) is 0 Å². The van der Waals surface area contributed by atoms with Crippen molar-refractivity contribution in [3.8, 4) is 0 Å². The summed E-state index contributed by atoms with van der Waals surface area (Å²) in [6, 6.07) is 17.9. The molecule has 1 saturated heterocycles. The molecule has 2 N–H and O–H groups in total. The van der Waals surface area contributed by atoms with E-state index >= 15 is 0 Å². The largest absolute Gasteiger partial charge is 0.372 e. The molecule has 166 valence electrons. The standard InChI is InChI=1S/C26H30N4O2/c1-19-18-24(22-8-4-5-9-23(22)28-19)29-26(32)25(31)27-15-14-20-10-12-21(13-11-20)30-16-6-2-3-7-17-30/h4-5,8-13,18H,2-3,6-7,14-17H2,1H3,(H,27,31)(H,28,29,32). The Kier molecular flexibility index (Phi) is 7.00. The Hall–Kier alpha value is -3.41. The summed E-state index contributed by atoms with van der Waals surface area (Å²) < 4.78 is 0. The molecule has 0 atom stereocenters. The third-order valence-electron chi connectivity index (χ3n) is 5.91. The molecular weight excluding hydrogens is 400 g/mol. The minimum absolute atomic E-state index is 0.408. The zero-order chi connectivity index (χ0) is 22.3. The molecule has 6 nitrogen and oxygen atoms in total. The van der Waals surface area contributed by atoms with Crippen molar-refractivity contribution in [3.05, 3.63) is 65.9 Å². The van der Waals surface area contributed by atoms with Gasteiger partial charge < -0.3 is 15.5 Å². The second-order valence-electron chi connectivity index (χ2n) is 8.36. The number of nitrogens with zero attached hydrogens (tertiary/aromatic N) is 2. The average molecular weight is 431 g/mol. The van der Waals surface area contributed by atoms with Crippen LogP contribution in [0.2, 0.25) is 0 Å². The van der Waals surface area contributed by atoms with Crippen molar-refractivity contribution in [2.24, 2.45) is 0 Å². The molecule has 3 aromatic rings. The number of benzene rings is 2. The number of fused-ring (bicyclic) bond motifs is 1. The van der Waals surface area contributed by atoms with E-state index in [4.69, 9.17) is 0 Å². The number of pyridine rings is 1. The number of aromatic nitrogens is 1. The predicted molar refractivity (Wildman–Crippen MR) is 129 cm³/mol. The van der Waals surface area contributed by atoms with Crippen LogP contribution in [-0.2, 0) is 16.0 Å². The molecule has 0 bridgehead atoms. The number of anilines is 2. The molecule has 0 spiro atoms. The van der Waals surface area contributed by atoms with Crippen molar-refractivity contribution < 1.29 is 9.59 Å². The van der Waals surface area contributed by atoms with Gasteiger partial charge in [-0.1, -0.05) is 43.2 Å². The molecule has 6 heteroatoms. The average Bonchev–Trinajstić information content (AvgIpc) is 3.09. The first kappa shape index (κ1) is 21.8. The molecule has 1 aliphatic heterocycles. The van der Waals surface area contributed by atoms with Gasteiger partial charge in [0.2, 0.25) is 0 Å². The molecule has 0 saturated carbocycles. The second kappa shape index (κ2) is 10.3. The summed E-state index contributed by atoms with van der Waals surface area (Å²) >= 11 is 0. The van der Waals surface area contributed by atoms with Crippen LogP contribution in [0.4, 0.5) is 11.4 Å². The first-order valence-corrected chi connectivity index (χ1v) is 11.4. The van der Waals surface area contributed by atoms with Gasteiger partial charge in [0.25, 0.3) is 0 Å². The Labute approximate surface area is 189 Å². The molecule has 2 amide bonds. The molecule has 2 aromatic carbocycles. The van der Waals surface area contributed by atoms with E-state index in [2.05, 4.69) is 44.8 Å². The van der Waals surface area contributed by atoms with E-state index in [1.54, 1.807) is 6.07 Å². The Balaban J connectivity index is 1.29. The van der Waals surface area contributed by atoms with Crippen LogP contribution in [0.3, 0.4) is 0 Å². The minimum Gasteiger partial charge on any atom is -0.372 e. The van der Waals surface area contributed by atoms with Gasteiger partial charge in [-0.05, 0) is 56.0 Å². The Morgan fingerprint density at radius 1 is 0.938 bits per heavy atom. The number of amides is 2. The van der Waals surface area contributed by atoms with Crippen LogP contribution in [0, 0.1) is 6.92 Å². The van der Waals surface area contributed by atoms with E-state index in [1.807, 2.05) is 31.2 Å². The highest BCUT2D eigenvalue weighted by Gasteiger charge is 2.15. The fourth-order valence-corrected chi connectivity index (χ4v) is 4.19. The summed E-state index contributed by atoms with van der Waals surface area (Å²) in [6.07, 6.45) is 5.82. The lowest BCUT2D eigenvalue weighted by Gasteiger charge is -2.22. The van der Waals surface area contributed by atoms with Crippen molar-refractivity contribution in [1.82, 2.24) is 10.3 Å². The number of carbonyl (C=O) groups excluding carboxylic acids is 2. The van der Waals surface area contributed by atoms with Gasteiger partial charge in [0.1, 0.15) is 0 Å². The predicted octanol–water partition coefficient (Wildman–Crippen LogP) is 4.22. The molecule has 1 fully saturated rings. The zero-order valence-corrected chi connectivity index (χ0v) is 18.6.